The van der Waals surface area contributed by atoms with Gasteiger partial charge in [0.2, 0.25) is 5.91 Å². The van der Waals surface area contributed by atoms with E-state index in [0.29, 0.717) is 12.0 Å². The Bertz CT molecular complexity index is 890. The van der Waals surface area contributed by atoms with Gasteiger partial charge in [-0.3, -0.25) is 14.4 Å². The Balaban J connectivity index is 1.53. The van der Waals surface area contributed by atoms with E-state index in [1.807, 2.05) is 24.3 Å². The average Bonchev–Trinajstić information content (AvgIpc) is 2.97. The number of fused-ring (bicyclic) bond motifs is 1. The van der Waals surface area contributed by atoms with E-state index in [-0.39, 0.29) is 31.1 Å². The van der Waals surface area contributed by atoms with Crippen LogP contribution in [0.1, 0.15) is 27.9 Å². The molecule has 0 N–H and O–H groups in total. The lowest BCUT2D eigenvalue weighted by Gasteiger charge is -2.10. The zero-order valence-electron chi connectivity index (χ0n) is 15.4. The molecule has 0 unspecified atom stereocenters. The number of nitrogens with zero attached hydrogens (tertiary/aromatic N) is 1. The summed E-state index contributed by atoms with van der Waals surface area (Å²) in [5.41, 5.74) is 2.98. The van der Waals surface area contributed by atoms with Crippen LogP contribution in [-0.4, -0.2) is 38.4 Å². The first kappa shape index (κ1) is 18.6. The number of carbonyl (C=O) groups is 3. The Morgan fingerprint density at radius 3 is 2.70 bits per heavy atom. The van der Waals surface area contributed by atoms with Crippen molar-refractivity contribution in [2.24, 2.45) is 0 Å². The minimum absolute atomic E-state index is 0.00244. The van der Waals surface area contributed by atoms with Crippen molar-refractivity contribution in [2.75, 3.05) is 25.7 Å². The molecule has 0 fully saturated rings. The molecular formula is C21H21NO5. The van der Waals surface area contributed by atoms with Crippen molar-refractivity contribution < 1.29 is 23.9 Å². The predicted octanol–water partition coefficient (Wildman–Crippen LogP) is 2.57. The Morgan fingerprint density at radius 2 is 1.93 bits per heavy atom. The van der Waals surface area contributed by atoms with Crippen LogP contribution in [0, 0.1) is 0 Å². The van der Waals surface area contributed by atoms with Gasteiger partial charge in [0.1, 0.15) is 5.75 Å². The number of ketones is 1. The van der Waals surface area contributed by atoms with Gasteiger partial charge in [0.15, 0.2) is 12.4 Å². The lowest BCUT2D eigenvalue weighted by Crippen LogP contribution is -2.20. The topological polar surface area (TPSA) is 72.9 Å². The smallest absolute Gasteiger partial charge is 0.306 e. The number of carbonyl (C=O) groups excluding carboxylic acids is 3. The Morgan fingerprint density at radius 1 is 1.15 bits per heavy atom. The van der Waals surface area contributed by atoms with Gasteiger partial charge in [0.25, 0.3) is 0 Å². The number of likely N-dealkylation sites (N-methyl/N-ethyl adjacent to an activating group) is 1. The molecule has 140 valence electrons. The van der Waals surface area contributed by atoms with Crippen LogP contribution in [0.4, 0.5) is 5.69 Å². The first-order chi connectivity index (χ1) is 13.0. The largest absolute Gasteiger partial charge is 0.496 e. The highest BCUT2D eigenvalue weighted by atomic mass is 16.5. The van der Waals surface area contributed by atoms with Crippen molar-refractivity contribution in [3.05, 3.63) is 59.2 Å². The summed E-state index contributed by atoms with van der Waals surface area (Å²) in [6.45, 7) is -0.312. The van der Waals surface area contributed by atoms with Crippen molar-refractivity contribution in [2.45, 2.75) is 19.3 Å². The molecule has 0 atom stereocenters. The second kappa shape index (κ2) is 8.03. The van der Waals surface area contributed by atoms with Crippen LogP contribution in [0.25, 0.3) is 0 Å². The maximum atomic E-state index is 12.3. The third-order valence-electron chi connectivity index (χ3n) is 4.63. The fraction of sp³-hybridized carbons (Fsp3) is 0.286. The van der Waals surface area contributed by atoms with Crippen molar-refractivity contribution in [3.8, 4) is 5.75 Å². The summed E-state index contributed by atoms with van der Waals surface area (Å²) >= 11 is 0. The summed E-state index contributed by atoms with van der Waals surface area (Å²) in [4.78, 5) is 37.5. The number of aryl methyl sites for hydroxylation is 1. The van der Waals surface area contributed by atoms with Gasteiger partial charge in [-0.1, -0.05) is 18.2 Å². The molecule has 0 saturated heterocycles. The molecule has 1 aliphatic heterocycles. The number of hydrogen-bond donors (Lipinski definition) is 0. The van der Waals surface area contributed by atoms with Gasteiger partial charge >= 0.3 is 5.97 Å². The standard InChI is InChI=1S/C21H21NO5/c1-22-17-9-7-15(11-16(17)12-20(22)24)18(23)13-27-21(25)10-8-14-5-3-4-6-19(14)26-2/h3-7,9,11H,8,10,12-13H2,1-2H3. The highest BCUT2D eigenvalue weighted by molar-refractivity contribution is 6.03. The second-order valence-electron chi connectivity index (χ2n) is 6.37. The number of hydrogen-bond acceptors (Lipinski definition) is 5. The summed E-state index contributed by atoms with van der Waals surface area (Å²) < 4.78 is 10.4. The van der Waals surface area contributed by atoms with Gasteiger partial charge in [-0.15, -0.1) is 0 Å². The third-order valence-corrected chi connectivity index (χ3v) is 4.63. The summed E-state index contributed by atoms with van der Waals surface area (Å²) in [5.74, 6) is -0.00725. The number of para-hydroxylation sites is 1. The summed E-state index contributed by atoms with van der Waals surface area (Å²) in [7, 11) is 3.29. The van der Waals surface area contributed by atoms with E-state index in [9.17, 15) is 14.4 Å². The SMILES string of the molecule is COc1ccccc1CCC(=O)OCC(=O)c1ccc2c(c1)CC(=O)N2C. The van der Waals surface area contributed by atoms with Gasteiger partial charge in [-0.05, 0) is 41.8 Å². The molecule has 0 aromatic heterocycles. The van der Waals surface area contributed by atoms with Crippen LogP contribution in [0.3, 0.4) is 0 Å². The Kier molecular flexibility index (Phi) is 5.54. The van der Waals surface area contributed by atoms with E-state index in [2.05, 4.69) is 0 Å². The zero-order valence-corrected chi connectivity index (χ0v) is 15.4. The molecule has 0 saturated carbocycles. The Hall–Kier alpha value is -3.15. The van der Waals surface area contributed by atoms with Gasteiger partial charge < -0.3 is 14.4 Å². The van der Waals surface area contributed by atoms with E-state index in [0.717, 1.165) is 22.6 Å². The van der Waals surface area contributed by atoms with Gasteiger partial charge in [0.05, 0.1) is 13.5 Å². The van der Waals surface area contributed by atoms with Crippen molar-refractivity contribution in [1.29, 1.82) is 0 Å². The van der Waals surface area contributed by atoms with Crippen LogP contribution < -0.4 is 9.64 Å². The summed E-state index contributed by atoms with van der Waals surface area (Å²) in [6.07, 6.45) is 0.924. The average molecular weight is 367 g/mol. The molecule has 1 aliphatic rings. The van der Waals surface area contributed by atoms with Crippen molar-refractivity contribution >= 4 is 23.3 Å². The fourth-order valence-corrected chi connectivity index (χ4v) is 3.09. The van der Waals surface area contributed by atoms with Gasteiger partial charge in [-0.25, -0.2) is 0 Å². The molecular weight excluding hydrogens is 346 g/mol. The minimum Gasteiger partial charge on any atom is -0.496 e. The number of ether oxygens (including phenoxy) is 2. The molecule has 27 heavy (non-hydrogen) atoms. The van der Waals surface area contributed by atoms with Crippen LogP contribution in [0.2, 0.25) is 0 Å². The van der Waals surface area contributed by atoms with E-state index in [4.69, 9.17) is 9.47 Å². The highest BCUT2D eigenvalue weighted by Gasteiger charge is 2.24. The van der Waals surface area contributed by atoms with Crippen LogP contribution in [0.5, 0.6) is 5.75 Å². The number of esters is 1. The summed E-state index contributed by atoms with van der Waals surface area (Å²) in [5, 5.41) is 0. The van der Waals surface area contributed by atoms with Gasteiger partial charge in [-0.2, -0.15) is 0 Å². The first-order valence-electron chi connectivity index (χ1n) is 8.70. The number of amides is 1. The van der Waals surface area contributed by atoms with E-state index < -0.39 is 5.97 Å². The maximum Gasteiger partial charge on any atom is 0.306 e. The number of Topliss-reactive ketones (excluding diaryl/α,β-unsaturated/α-hetero) is 1. The molecule has 0 aliphatic carbocycles. The molecule has 0 spiro atoms. The van der Waals surface area contributed by atoms with Crippen LogP contribution in [0.15, 0.2) is 42.5 Å². The molecule has 0 bridgehead atoms. The molecule has 6 nitrogen and oxygen atoms in total. The summed E-state index contributed by atoms with van der Waals surface area (Å²) in [6, 6.07) is 12.6. The normalized spacial score (nSPS) is 12.7. The molecule has 3 rings (SSSR count). The fourth-order valence-electron chi connectivity index (χ4n) is 3.09. The predicted molar refractivity (Wildman–Crippen MR) is 100 cm³/mol. The monoisotopic (exact) mass is 367 g/mol. The lowest BCUT2D eigenvalue weighted by molar-refractivity contribution is -0.142. The zero-order chi connectivity index (χ0) is 19.4. The number of methoxy groups -OCH3 is 1. The Labute approximate surface area is 157 Å². The third kappa shape index (κ3) is 4.16. The van der Waals surface area contributed by atoms with Crippen LogP contribution >= 0.6 is 0 Å². The highest BCUT2D eigenvalue weighted by Crippen LogP contribution is 2.28. The first-order valence-corrected chi connectivity index (χ1v) is 8.70. The van der Waals surface area contributed by atoms with E-state index >= 15 is 0 Å². The maximum absolute atomic E-state index is 12.3. The van der Waals surface area contributed by atoms with Gasteiger partial charge in [0, 0.05) is 24.7 Å². The second-order valence-corrected chi connectivity index (χ2v) is 6.37. The van der Waals surface area contributed by atoms with Crippen molar-refractivity contribution in [1.82, 2.24) is 0 Å². The molecule has 6 heteroatoms. The minimum atomic E-state index is -0.440. The molecule has 0 radical (unpaired) electrons. The van der Waals surface area contributed by atoms with E-state index in [1.165, 1.54) is 0 Å². The molecule has 1 amide bonds. The number of benzene rings is 2. The number of rotatable bonds is 7. The molecule has 2 aromatic carbocycles. The van der Waals surface area contributed by atoms with Crippen LogP contribution in [-0.2, 0) is 27.2 Å². The van der Waals surface area contributed by atoms with E-state index in [1.54, 1.807) is 37.3 Å². The molecule has 1 heterocycles. The molecule has 2 aromatic rings. The number of anilines is 1. The lowest BCUT2D eigenvalue weighted by atomic mass is 10.1. The quantitative estimate of drug-likeness (QED) is 0.556. The van der Waals surface area contributed by atoms with Crippen molar-refractivity contribution in [3.63, 3.8) is 0 Å².